The molecule has 21 heavy (non-hydrogen) atoms. The molecular weight excluding hydrogens is 263 g/mol. The average Bonchev–Trinajstić information content (AvgIpc) is 2.88. The van der Waals surface area contributed by atoms with Gasteiger partial charge in [-0.25, -0.2) is 0 Å². The Balaban J connectivity index is 1.76. The molecule has 1 N–H and O–H groups in total. The first-order valence-electron chi connectivity index (χ1n) is 7.21. The van der Waals surface area contributed by atoms with Crippen molar-refractivity contribution in [3.05, 3.63) is 64.7 Å². The maximum absolute atomic E-state index is 12.3. The quantitative estimate of drug-likeness (QED) is 0.687. The number of Topliss-reactive ketones (excluding diaryl/α,β-unsaturated/α-hetero) is 1. The van der Waals surface area contributed by atoms with E-state index in [1.165, 1.54) is 5.56 Å². The topological polar surface area (TPSA) is 46.5 Å². The summed E-state index contributed by atoms with van der Waals surface area (Å²) in [6.07, 6.45) is 1.31. The van der Waals surface area contributed by atoms with Crippen molar-refractivity contribution >= 4 is 18.4 Å². The van der Waals surface area contributed by atoms with E-state index in [9.17, 15) is 9.82 Å². The Hall–Kier alpha value is -1.91. The zero-order valence-electron chi connectivity index (χ0n) is 12.0. The second-order valence-electron chi connectivity index (χ2n) is 5.35. The molecule has 0 bridgehead atoms. The summed E-state index contributed by atoms with van der Waals surface area (Å²) in [5.74, 6) is 0.0889. The van der Waals surface area contributed by atoms with Gasteiger partial charge in [0.25, 0.3) is 0 Å². The van der Waals surface area contributed by atoms with Crippen LogP contribution in [0.5, 0.6) is 0 Å². The van der Waals surface area contributed by atoms with Gasteiger partial charge in [-0.15, -0.1) is 0 Å². The third-order valence-electron chi connectivity index (χ3n) is 3.92. The minimum atomic E-state index is -0.862. The van der Waals surface area contributed by atoms with E-state index in [4.69, 9.17) is 4.65 Å². The van der Waals surface area contributed by atoms with Crippen molar-refractivity contribution < 1.29 is 14.5 Å². The minimum absolute atomic E-state index is 0.0889. The molecule has 0 unspecified atom stereocenters. The molecule has 2 aromatic carbocycles. The molecule has 3 rings (SSSR count). The molecule has 2 aromatic rings. The van der Waals surface area contributed by atoms with Crippen molar-refractivity contribution in [1.82, 2.24) is 0 Å². The van der Waals surface area contributed by atoms with Crippen LogP contribution in [0.3, 0.4) is 0 Å². The van der Waals surface area contributed by atoms with Crippen LogP contribution in [0.25, 0.3) is 0 Å². The van der Waals surface area contributed by atoms with Gasteiger partial charge in [-0.1, -0.05) is 49.4 Å². The van der Waals surface area contributed by atoms with Crippen molar-refractivity contribution in [3.63, 3.8) is 0 Å². The summed E-state index contributed by atoms with van der Waals surface area (Å²) < 4.78 is 5.16. The van der Waals surface area contributed by atoms with E-state index in [0.29, 0.717) is 13.0 Å². The molecule has 3 nitrogen and oxygen atoms in total. The summed E-state index contributed by atoms with van der Waals surface area (Å²) in [5.41, 5.74) is 4.63. The van der Waals surface area contributed by atoms with Crippen LogP contribution in [0.15, 0.2) is 42.5 Å². The van der Waals surface area contributed by atoms with Crippen molar-refractivity contribution in [3.8, 4) is 0 Å². The summed E-state index contributed by atoms with van der Waals surface area (Å²) in [5, 5.41) is 9.71. The molecular formula is C17H17BO3. The van der Waals surface area contributed by atoms with Crippen LogP contribution in [-0.2, 0) is 24.1 Å². The summed E-state index contributed by atoms with van der Waals surface area (Å²) >= 11 is 0. The van der Waals surface area contributed by atoms with Crippen molar-refractivity contribution in [2.24, 2.45) is 0 Å². The van der Waals surface area contributed by atoms with Gasteiger partial charge in [0.1, 0.15) is 0 Å². The van der Waals surface area contributed by atoms with E-state index in [2.05, 4.69) is 6.92 Å². The molecule has 0 radical (unpaired) electrons. The van der Waals surface area contributed by atoms with Gasteiger partial charge in [0.15, 0.2) is 5.78 Å². The van der Waals surface area contributed by atoms with Gasteiger partial charge >= 0.3 is 7.12 Å². The second kappa shape index (κ2) is 5.84. The Kier molecular flexibility index (Phi) is 3.91. The molecule has 0 saturated carbocycles. The predicted octanol–water partition coefficient (Wildman–Crippen LogP) is 1.89. The highest BCUT2D eigenvalue weighted by atomic mass is 16.5. The van der Waals surface area contributed by atoms with Crippen LogP contribution in [0.2, 0.25) is 0 Å². The number of fused-ring (bicyclic) bond motifs is 1. The fourth-order valence-corrected chi connectivity index (χ4v) is 2.59. The predicted molar refractivity (Wildman–Crippen MR) is 82.7 cm³/mol. The Morgan fingerprint density at radius 3 is 2.62 bits per heavy atom. The summed E-state index contributed by atoms with van der Waals surface area (Å²) in [6, 6.07) is 13.5. The van der Waals surface area contributed by atoms with Crippen LogP contribution < -0.4 is 5.46 Å². The number of rotatable bonds is 4. The smallest absolute Gasteiger partial charge is 0.423 e. The maximum Gasteiger partial charge on any atom is 0.491 e. The van der Waals surface area contributed by atoms with Crippen molar-refractivity contribution in [2.75, 3.05) is 0 Å². The Morgan fingerprint density at radius 2 is 1.90 bits per heavy atom. The number of hydrogen-bond acceptors (Lipinski definition) is 3. The van der Waals surface area contributed by atoms with Crippen molar-refractivity contribution in [1.29, 1.82) is 0 Å². The lowest BCUT2D eigenvalue weighted by Crippen LogP contribution is -2.28. The van der Waals surface area contributed by atoms with E-state index in [1.54, 1.807) is 0 Å². The van der Waals surface area contributed by atoms with Crippen LogP contribution >= 0.6 is 0 Å². The number of ketones is 1. The fraction of sp³-hybridized carbons (Fsp3) is 0.235. The summed E-state index contributed by atoms with van der Waals surface area (Å²) in [4.78, 5) is 12.3. The standard InChI is InChI=1S/C17H17BO3/c1-2-12-3-6-14(7-4-12)17(19)10-13-5-8-15-11-21-18(20)16(15)9-13/h3-9,20H,2,10-11H2,1H3. The Labute approximate surface area is 124 Å². The summed E-state index contributed by atoms with van der Waals surface area (Å²) in [6.45, 7) is 2.53. The van der Waals surface area contributed by atoms with Gasteiger partial charge in [-0.2, -0.15) is 0 Å². The molecule has 4 heteroatoms. The lowest BCUT2D eigenvalue weighted by atomic mass is 9.78. The van der Waals surface area contributed by atoms with E-state index < -0.39 is 7.12 Å². The van der Waals surface area contributed by atoms with Crippen LogP contribution in [0, 0.1) is 0 Å². The Bertz CT molecular complexity index is 664. The first kappa shape index (κ1) is 14.0. The SMILES string of the molecule is CCc1ccc(C(=O)Cc2ccc3c(c2)B(O)OC3)cc1. The highest BCUT2D eigenvalue weighted by Gasteiger charge is 2.27. The van der Waals surface area contributed by atoms with Gasteiger partial charge in [0.05, 0.1) is 6.61 Å². The largest absolute Gasteiger partial charge is 0.491 e. The van der Waals surface area contributed by atoms with Gasteiger partial charge in [0.2, 0.25) is 0 Å². The molecule has 106 valence electrons. The third-order valence-corrected chi connectivity index (χ3v) is 3.92. The lowest BCUT2D eigenvalue weighted by molar-refractivity contribution is 0.0993. The van der Waals surface area contributed by atoms with E-state index in [-0.39, 0.29) is 5.78 Å². The molecule has 0 spiro atoms. The number of carbonyl (C=O) groups is 1. The average molecular weight is 280 g/mol. The zero-order valence-corrected chi connectivity index (χ0v) is 12.0. The molecule has 0 saturated heterocycles. The molecule has 1 aliphatic heterocycles. The number of benzene rings is 2. The fourth-order valence-electron chi connectivity index (χ4n) is 2.59. The lowest BCUT2D eigenvalue weighted by Gasteiger charge is -2.05. The molecule has 1 heterocycles. The van der Waals surface area contributed by atoms with Gasteiger partial charge in [0, 0.05) is 12.0 Å². The first-order valence-corrected chi connectivity index (χ1v) is 7.21. The van der Waals surface area contributed by atoms with Crippen LogP contribution in [0.4, 0.5) is 0 Å². The normalized spacial score (nSPS) is 13.3. The molecule has 0 atom stereocenters. The minimum Gasteiger partial charge on any atom is -0.423 e. The first-order chi connectivity index (χ1) is 10.2. The monoisotopic (exact) mass is 280 g/mol. The molecule has 0 aromatic heterocycles. The second-order valence-corrected chi connectivity index (χ2v) is 5.35. The Morgan fingerprint density at radius 1 is 1.19 bits per heavy atom. The molecule has 0 aliphatic carbocycles. The van der Waals surface area contributed by atoms with Gasteiger partial charge in [-0.3, -0.25) is 4.79 Å². The number of hydrogen-bond donors (Lipinski definition) is 1. The maximum atomic E-state index is 12.3. The van der Waals surface area contributed by atoms with Gasteiger partial charge < -0.3 is 9.68 Å². The highest BCUT2D eigenvalue weighted by molar-refractivity contribution is 6.61. The molecule has 1 aliphatic rings. The number of carbonyl (C=O) groups excluding carboxylic acids is 1. The van der Waals surface area contributed by atoms with Crippen LogP contribution in [0.1, 0.15) is 34.0 Å². The van der Waals surface area contributed by atoms with E-state index >= 15 is 0 Å². The summed E-state index contributed by atoms with van der Waals surface area (Å²) in [7, 11) is -0.862. The number of aryl methyl sites for hydroxylation is 1. The third kappa shape index (κ3) is 2.92. The molecule has 0 fully saturated rings. The van der Waals surface area contributed by atoms with E-state index in [0.717, 1.165) is 28.6 Å². The van der Waals surface area contributed by atoms with E-state index in [1.807, 2.05) is 42.5 Å². The van der Waals surface area contributed by atoms with Crippen molar-refractivity contribution in [2.45, 2.75) is 26.4 Å². The van der Waals surface area contributed by atoms with Gasteiger partial charge in [-0.05, 0) is 28.6 Å². The molecule has 0 amide bonds. The highest BCUT2D eigenvalue weighted by Crippen LogP contribution is 2.14. The zero-order chi connectivity index (χ0) is 14.8. The van der Waals surface area contributed by atoms with Crippen LogP contribution in [-0.4, -0.2) is 17.9 Å².